The van der Waals surface area contributed by atoms with Gasteiger partial charge in [-0.3, -0.25) is 4.79 Å². The van der Waals surface area contributed by atoms with E-state index in [1.165, 1.54) is 0 Å². The fourth-order valence-electron chi connectivity index (χ4n) is 1.36. The van der Waals surface area contributed by atoms with Gasteiger partial charge in [-0.25, -0.2) is 0 Å². The maximum Gasteiger partial charge on any atom is 0.246 e. The average molecular weight is 282 g/mol. The monoisotopic (exact) mass is 281 g/mol. The predicted octanol–water partition coefficient (Wildman–Crippen LogP) is 3.42. The summed E-state index contributed by atoms with van der Waals surface area (Å²) in [5.74, 6) is -0.00222. The summed E-state index contributed by atoms with van der Waals surface area (Å²) in [5.41, 5.74) is 1.86. The fourth-order valence-corrected chi connectivity index (χ4v) is 1.78. The van der Waals surface area contributed by atoms with E-state index < -0.39 is 0 Å². The molecular formula is C13H16BrNO. The molecule has 0 aliphatic heterocycles. The lowest BCUT2D eigenvalue weighted by Gasteiger charge is -2.07. The summed E-state index contributed by atoms with van der Waals surface area (Å²) in [6.45, 7) is 4.40. The van der Waals surface area contributed by atoms with Crippen molar-refractivity contribution in [3.8, 4) is 0 Å². The third-order valence-electron chi connectivity index (χ3n) is 2.27. The van der Waals surface area contributed by atoms with Gasteiger partial charge in [0.1, 0.15) is 0 Å². The van der Waals surface area contributed by atoms with E-state index in [1.54, 1.807) is 0 Å². The zero-order valence-corrected chi connectivity index (χ0v) is 11.2. The minimum atomic E-state index is -0.00222. The van der Waals surface area contributed by atoms with Crippen molar-refractivity contribution in [3.05, 3.63) is 46.0 Å². The number of carbonyl (C=O) groups excluding carboxylic acids is 1. The molecule has 0 radical (unpaired) electrons. The molecule has 86 valence electrons. The quantitative estimate of drug-likeness (QED) is 0.842. The summed E-state index contributed by atoms with van der Waals surface area (Å²) in [7, 11) is 0. The minimum absolute atomic E-state index is 0.00222. The van der Waals surface area contributed by atoms with E-state index in [9.17, 15) is 4.79 Å². The summed E-state index contributed by atoms with van der Waals surface area (Å²) in [4.78, 5) is 11.6. The molecule has 2 nitrogen and oxygen atoms in total. The summed E-state index contributed by atoms with van der Waals surface area (Å²) < 4.78 is 1.02. The first-order valence-corrected chi connectivity index (χ1v) is 6.12. The van der Waals surface area contributed by atoms with E-state index in [1.807, 2.05) is 44.2 Å². The summed E-state index contributed by atoms with van der Waals surface area (Å²) in [5, 5.41) is 2.89. The van der Waals surface area contributed by atoms with Crippen molar-refractivity contribution in [2.24, 2.45) is 0 Å². The molecule has 0 aliphatic carbocycles. The standard InChI is InChI=1S/C13H16BrNO/c1-3-6-10(2)13(16)15-9-11-7-4-5-8-12(11)14/h4-8H,3,9H2,1-2H3,(H,15,16)/b10-6-. The first-order chi connectivity index (χ1) is 7.65. The second kappa shape index (κ2) is 6.48. The van der Waals surface area contributed by atoms with Crippen molar-refractivity contribution in [2.45, 2.75) is 26.8 Å². The molecule has 0 saturated carbocycles. The van der Waals surface area contributed by atoms with Crippen LogP contribution in [-0.2, 0) is 11.3 Å². The highest BCUT2D eigenvalue weighted by Gasteiger charge is 2.04. The van der Waals surface area contributed by atoms with Gasteiger partial charge in [-0.1, -0.05) is 47.1 Å². The van der Waals surface area contributed by atoms with Gasteiger partial charge in [-0.05, 0) is 25.0 Å². The third-order valence-corrected chi connectivity index (χ3v) is 3.04. The van der Waals surface area contributed by atoms with Crippen LogP contribution in [0.15, 0.2) is 40.4 Å². The van der Waals surface area contributed by atoms with E-state index in [0.29, 0.717) is 6.54 Å². The average Bonchev–Trinajstić information content (AvgIpc) is 2.28. The zero-order valence-electron chi connectivity index (χ0n) is 9.59. The lowest BCUT2D eigenvalue weighted by molar-refractivity contribution is -0.117. The van der Waals surface area contributed by atoms with E-state index >= 15 is 0 Å². The first-order valence-electron chi connectivity index (χ1n) is 5.33. The van der Waals surface area contributed by atoms with Crippen LogP contribution in [0.2, 0.25) is 0 Å². The largest absolute Gasteiger partial charge is 0.348 e. The Bertz CT molecular complexity index is 399. The maximum absolute atomic E-state index is 11.6. The molecule has 1 N–H and O–H groups in total. The van der Waals surface area contributed by atoms with Gasteiger partial charge < -0.3 is 5.32 Å². The predicted molar refractivity (Wildman–Crippen MR) is 70.0 cm³/mol. The minimum Gasteiger partial charge on any atom is -0.348 e. The number of hydrogen-bond acceptors (Lipinski definition) is 1. The molecule has 0 aliphatic rings. The van der Waals surface area contributed by atoms with Crippen molar-refractivity contribution >= 4 is 21.8 Å². The Kier molecular flexibility index (Phi) is 5.26. The van der Waals surface area contributed by atoms with E-state index in [2.05, 4.69) is 21.2 Å². The highest BCUT2D eigenvalue weighted by Crippen LogP contribution is 2.15. The normalized spacial score (nSPS) is 11.3. The summed E-state index contributed by atoms with van der Waals surface area (Å²) >= 11 is 3.45. The lowest BCUT2D eigenvalue weighted by atomic mass is 10.2. The smallest absolute Gasteiger partial charge is 0.246 e. The van der Waals surface area contributed by atoms with Crippen LogP contribution in [0, 0.1) is 0 Å². The van der Waals surface area contributed by atoms with Crippen LogP contribution >= 0.6 is 15.9 Å². The zero-order chi connectivity index (χ0) is 12.0. The lowest BCUT2D eigenvalue weighted by Crippen LogP contribution is -2.23. The van der Waals surface area contributed by atoms with Crippen molar-refractivity contribution in [3.63, 3.8) is 0 Å². The van der Waals surface area contributed by atoms with Crippen LogP contribution in [0.25, 0.3) is 0 Å². The molecule has 16 heavy (non-hydrogen) atoms. The number of halogens is 1. The highest BCUT2D eigenvalue weighted by atomic mass is 79.9. The molecule has 0 heterocycles. The van der Waals surface area contributed by atoms with Crippen molar-refractivity contribution in [1.82, 2.24) is 5.32 Å². The molecule has 0 unspecified atom stereocenters. The van der Waals surface area contributed by atoms with Gasteiger partial charge >= 0.3 is 0 Å². The van der Waals surface area contributed by atoms with Crippen LogP contribution in [0.5, 0.6) is 0 Å². The topological polar surface area (TPSA) is 29.1 Å². The van der Waals surface area contributed by atoms with Gasteiger partial charge in [0.05, 0.1) is 0 Å². The van der Waals surface area contributed by atoms with Gasteiger partial charge in [0.2, 0.25) is 5.91 Å². The van der Waals surface area contributed by atoms with Crippen molar-refractivity contribution < 1.29 is 4.79 Å². The molecule has 0 bridgehead atoms. The number of nitrogens with one attached hydrogen (secondary N) is 1. The van der Waals surface area contributed by atoms with Crippen molar-refractivity contribution in [1.29, 1.82) is 0 Å². The fraction of sp³-hybridized carbons (Fsp3) is 0.308. The molecule has 1 rings (SSSR count). The second-order valence-corrected chi connectivity index (χ2v) is 4.42. The van der Waals surface area contributed by atoms with Gasteiger partial charge in [0, 0.05) is 16.6 Å². The van der Waals surface area contributed by atoms with Crippen molar-refractivity contribution in [2.75, 3.05) is 0 Å². The van der Waals surface area contributed by atoms with Gasteiger partial charge in [0.15, 0.2) is 0 Å². The highest BCUT2D eigenvalue weighted by molar-refractivity contribution is 9.10. The number of benzene rings is 1. The first kappa shape index (κ1) is 13.0. The molecule has 0 saturated heterocycles. The Morgan fingerprint density at radius 3 is 2.75 bits per heavy atom. The van der Waals surface area contributed by atoms with Crippen LogP contribution in [0.4, 0.5) is 0 Å². The number of carbonyl (C=O) groups is 1. The van der Waals surface area contributed by atoms with Gasteiger partial charge in [-0.15, -0.1) is 0 Å². The van der Waals surface area contributed by atoms with Gasteiger partial charge in [-0.2, -0.15) is 0 Å². The molecule has 1 aromatic carbocycles. The van der Waals surface area contributed by atoms with Crippen LogP contribution in [0.1, 0.15) is 25.8 Å². The molecule has 0 fully saturated rings. The molecule has 0 atom stereocenters. The molecule has 0 aromatic heterocycles. The number of rotatable bonds is 4. The van der Waals surface area contributed by atoms with Crippen LogP contribution < -0.4 is 5.32 Å². The molecule has 0 spiro atoms. The Balaban J connectivity index is 2.56. The molecule has 1 amide bonds. The second-order valence-electron chi connectivity index (χ2n) is 3.57. The van der Waals surface area contributed by atoms with E-state index in [4.69, 9.17) is 0 Å². The summed E-state index contributed by atoms with van der Waals surface area (Å²) in [6, 6.07) is 7.87. The number of allylic oxidation sites excluding steroid dienone is 1. The molecule has 1 aromatic rings. The van der Waals surface area contributed by atoms with E-state index in [0.717, 1.165) is 22.0 Å². The van der Waals surface area contributed by atoms with Crippen LogP contribution in [-0.4, -0.2) is 5.91 Å². The van der Waals surface area contributed by atoms with Crippen LogP contribution in [0.3, 0.4) is 0 Å². The maximum atomic E-state index is 11.6. The summed E-state index contributed by atoms with van der Waals surface area (Å²) in [6.07, 6.45) is 2.81. The molecular weight excluding hydrogens is 266 g/mol. The Labute approximate surface area is 105 Å². The number of hydrogen-bond donors (Lipinski definition) is 1. The SMILES string of the molecule is CC/C=C(/C)C(=O)NCc1ccccc1Br. The van der Waals surface area contributed by atoms with E-state index in [-0.39, 0.29) is 5.91 Å². The Hall–Kier alpha value is -1.09. The molecule has 3 heteroatoms. The number of amides is 1. The van der Waals surface area contributed by atoms with Gasteiger partial charge in [0.25, 0.3) is 0 Å². The Morgan fingerprint density at radius 1 is 1.44 bits per heavy atom. The third kappa shape index (κ3) is 3.81. The Morgan fingerprint density at radius 2 is 2.12 bits per heavy atom.